The van der Waals surface area contributed by atoms with E-state index in [0.717, 1.165) is 74.6 Å². The SMILES string of the molecule is CC(C)=CCC/C(C)=C/CC/C(C)=C/CC/C(C)=C/C(=O)NCCC[N+](C)(C)CCCCN(C)C. The molecule has 0 aliphatic carbocycles. The topological polar surface area (TPSA) is 32.3 Å². The maximum absolute atomic E-state index is 12.2. The van der Waals surface area contributed by atoms with Gasteiger partial charge in [-0.1, -0.05) is 40.5 Å². The average molecular weight is 489 g/mol. The summed E-state index contributed by atoms with van der Waals surface area (Å²) in [5.41, 5.74) is 5.48. The highest BCUT2D eigenvalue weighted by molar-refractivity contribution is 5.88. The quantitative estimate of drug-likeness (QED) is 0.0913. The highest BCUT2D eigenvalue weighted by Crippen LogP contribution is 2.13. The van der Waals surface area contributed by atoms with E-state index in [1.54, 1.807) is 6.08 Å². The Bertz CT molecular complexity index is 707. The standard InChI is InChI=1S/C31H57N3O/c1-27(2)16-12-17-28(3)18-13-19-29(4)20-14-21-30(5)26-31(35)32-22-15-25-34(8,9)24-11-10-23-33(6)7/h16,18,20,26H,10-15,17,19,21-25H2,1-9H3/p+1/b28-18+,29-20+,30-26+. The zero-order chi connectivity index (χ0) is 26.7. The van der Waals surface area contributed by atoms with E-state index in [-0.39, 0.29) is 5.91 Å². The van der Waals surface area contributed by atoms with Crippen molar-refractivity contribution in [1.29, 1.82) is 0 Å². The van der Waals surface area contributed by atoms with Gasteiger partial charge in [-0.15, -0.1) is 0 Å². The molecular formula is C31H58N3O+. The van der Waals surface area contributed by atoms with Crippen LogP contribution in [0, 0.1) is 0 Å². The molecule has 0 saturated carbocycles. The fourth-order valence-corrected chi connectivity index (χ4v) is 4.03. The monoisotopic (exact) mass is 488 g/mol. The lowest BCUT2D eigenvalue weighted by molar-refractivity contribution is -0.890. The number of hydrogen-bond acceptors (Lipinski definition) is 2. The van der Waals surface area contributed by atoms with Crippen molar-refractivity contribution in [2.75, 3.05) is 54.4 Å². The van der Waals surface area contributed by atoms with Gasteiger partial charge in [0, 0.05) is 19.0 Å². The summed E-state index contributed by atoms with van der Waals surface area (Å²) in [6, 6.07) is 0. The van der Waals surface area contributed by atoms with Crippen LogP contribution in [-0.2, 0) is 4.79 Å². The molecule has 4 heteroatoms. The Balaban J connectivity index is 4.10. The van der Waals surface area contributed by atoms with Gasteiger partial charge in [0.05, 0.1) is 27.2 Å². The second-order valence-electron chi connectivity index (χ2n) is 11.5. The van der Waals surface area contributed by atoms with Gasteiger partial charge in [0.2, 0.25) is 5.91 Å². The lowest BCUT2D eigenvalue weighted by Gasteiger charge is -2.30. The van der Waals surface area contributed by atoms with Crippen LogP contribution in [-0.4, -0.2) is 69.7 Å². The van der Waals surface area contributed by atoms with E-state index in [2.05, 4.69) is 91.3 Å². The molecule has 0 spiro atoms. The Labute approximate surface area is 218 Å². The van der Waals surface area contributed by atoms with Crippen LogP contribution in [0.15, 0.2) is 46.6 Å². The van der Waals surface area contributed by atoms with Gasteiger partial charge in [0.25, 0.3) is 0 Å². The first-order valence-electron chi connectivity index (χ1n) is 13.8. The normalized spacial score (nSPS) is 13.4. The van der Waals surface area contributed by atoms with E-state index >= 15 is 0 Å². The Kier molecular flexibility index (Phi) is 18.6. The number of nitrogens with zero attached hydrogens (tertiary/aromatic N) is 2. The molecule has 0 aromatic heterocycles. The van der Waals surface area contributed by atoms with Gasteiger partial charge in [0.1, 0.15) is 0 Å². The zero-order valence-corrected chi connectivity index (χ0v) is 24.8. The molecule has 0 aliphatic heterocycles. The summed E-state index contributed by atoms with van der Waals surface area (Å²) in [5.74, 6) is 0.0493. The Morgan fingerprint density at radius 3 is 1.80 bits per heavy atom. The molecular weight excluding hydrogens is 430 g/mol. The minimum Gasteiger partial charge on any atom is -0.352 e. The molecule has 0 saturated heterocycles. The van der Waals surface area contributed by atoms with E-state index in [1.807, 2.05) is 0 Å². The summed E-state index contributed by atoms with van der Waals surface area (Å²) < 4.78 is 1.02. The predicted molar refractivity (Wildman–Crippen MR) is 156 cm³/mol. The van der Waals surface area contributed by atoms with Crippen LogP contribution in [0.5, 0.6) is 0 Å². The summed E-state index contributed by atoms with van der Waals surface area (Å²) >= 11 is 0. The lowest BCUT2D eigenvalue weighted by Crippen LogP contribution is -2.42. The molecule has 1 amide bonds. The van der Waals surface area contributed by atoms with E-state index in [9.17, 15) is 4.79 Å². The molecule has 0 aromatic carbocycles. The Morgan fingerprint density at radius 2 is 1.26 bits per heavy atom. The lowest BCUT2D eigenvalue weighted by atomic mass is 10.0. The molecule has 0 radical (unpaired) electrons. The number of allylic oxidation sites excluding steroid dienone is 7. The summed E-state index contributed by atoms with van der Waals surface area (Å²) in [6.45, 7) is 15.0. The van der Waals surface area contributed by atoms with Gasteiger partial charge in [-0.25, -0.2) is 0 Å². The third kappa shape index (κ3) is 22.6. The van der Waals surface area contributed by atoms with Crippen LogP contribution < -0.4 is 5.32 Å². The maximum atomic E-state index is 12.2. The highest BCUT2D eigenvalue weighted by atomic mass is 16.1. The first kappa shape index (κ1) is 33.4. The van der Waals surface area contributed by atoms with Crippen LogP contribution >= 0.6 is 0 Å². The first-order chi connectivity index (χ1) is 16.4. The van der Waals surface area contributed by atoms with E-state index in [4.69, 9.17) is 0 Å². The minimum atomic E-state index is 0.0493. The molecule has 0 atom stereocenters. The molecule has 0 unspecified atom stereocenters. The summed E-state index contributed by atoms with van der Waals surface area (Å²) in [6.07, 6.45) is 18.8. The van der Waals surface area contributed by atoms with Crippen LogP contribution in [0.4, 0.5) is 0 Å². The second kappa shape index (κ2) is 19.5. The van der Waals surface area contributed by atoms with E-state index in [0.29, 0.717) is 0 Å². The van der Waals surface area contributed by atoms with Crippen molar-refractivity contribution in [1.82, 2.24) is 10.2 Å². The number of quaternary nitrogens is 1. The third-order valence-electron chi connectivity index (χ3n) is 6.39. The smallest absolute Gasteiger partial charge is 0.243 e. The molecule has 0 fully saturated rings. The van der Waals surface area contributed by atoms with Crippen molar-refractivity contribution in [3.63, 3.8) is 0 Å². The van der Waals surface area contributed by atoms with Crippen molar-refractivity contribution < 1.29 is 9.28 Å². The van der Waals surface area contributed by atoms with Crippen molar-refractivity contribution in [3.8, 4) is 0 Å². The van der Waals surface area contributed by atoms with Crippen LogP contribution in [0.3, 0.4) is 0 Å². The van der Waals surface area contributed by atoms with E-state index < -0.39 is 0 Å². The number of amides is 1. The van der Waals surface area contributed by atoms with Gasteiger partial charge >= 0.3 is 0 Å². The number of rotatable bonds is 19. The Morgan fingerprint density at radius 1 is 0.743 bits per heavy atom. The fraction of sp³-hybridized carbons (Fsp3) is 0.710. The largest absolute Gasteiger partial charge is 0.352 e. The second-order valence-corrected chi connectivity index (χ2v) is 11.5. The predicted octanol–water partition coefficient (Wildman–Crippen LogP) is 7.06. The molecule has 4 nitrogen and oxygen atoms in total. The number of unbranched alkanes of at least 4 members (excludes halogenated alkanes) is 1. The molecule has 0 heterocycles. The molecule has 35 heavy (non-hydrogen) atoms. The fourth-order valence-electron chi connectivity index (χ4n) is 4.03. The number of carbonyl (C=O) groups is 1. The number of carbonyl (C=O) groups excluding carboxylic acids is 1. The summed E-state index contributed by atoms with van der Waals surface area (Å²) in [5, 5.41) is 3.07. The van der Waals surface area contributed by atoms with Crippen LogP contribution in [0.1, 0.15) is 92.4 Å². The average Bonchev–Trinajstić information content (AvgIpc) is 2.74. The zero-order valence-electron chi connectivity index (χ0n) is 24.8. The Hall–Kier alpha value is -1.65. The van der Waals surface area contributed by atoms with Crippen molar-refractivity contribution in [2.45, 2.75) is 92.4 Å². The number of hydrogen-bond donors (Lipinski definition) is 1. The van der Waals surface area contributed by atoms with Crippen LogP contribution in [0.25, 0.3) is 0 Å². The molecule has 0 bridgehead atoms. The van der Waals surface area contributed by atoms with Crippen LogP contribution in [0.2, 0.25) is 0 Å². The highest BCUT2D eigenvalue weighted by Gasteiger charge is 2.14. The van der Waals surface area contributed by atoms with E-state index in [1.165, 1.54) is 36.1 Å². The maximum Gasteiger partial charge on any atom is 0.243 e. The van der Waals surface area contributed by atoms with Crippen molar-refractivity contribution in [2.24, 2.45) is 0 Å². The van der Waals surface area contributed by atoms with Crippen molar-refractivity contribution in [3.05, 3.63) is 46.6 Å². The third-order valence-corrected chi connectivity index (χ3v) is 6.39. The van der Waals surface area contributed by atoms with Gasteiger partial charge in [-0.05, 0) is 107 Å². The van der Waals surface area contributed by atoms with Gasteiger partial charge in [0.15, 0.2) is 0 Å². The first-order valence-corrected chi connectivity index (χ1v) is 13.8. The van der Waals surface area contributed by atoms with Gasteiger partial charge in [-0.2, -0.15) is 0 Å². The number of nitrogens with one attached hydrogen (secondary N) is 1. The molecule has 0 aromatic rings. The summed E-state index contributed by atoms with van der Waals surface area (Å²) in [7, 11) is 8.85. The minimum absolute atomic E-state index is 0.0493. The molecule has 0 aliphatic rings. The van der Waals surface area contributed by atoms with Gasteiger partial charge in [-0.3, -0.25) is 4.79 Å². The summed E-state index contributed by atoms with van der Waals surface area (Å²) in [4.78, 5) is 14.5. The molecule has 202 valence electrons. The molecule has 0 rings (SSSR count). The molecule has 1 N–H and O–H groups in total. The van der Waals surface area contributed by atoms with Crippen molar-refractivity contribution >= 4 is 5.91 Å². The van der Waals surface area contributed by atoms with Gasteiger partial charge < -0.3 is 14.7 Å².